The predicted molar refractivity (Wildman–Crippen MR) is 94.8 cm³/mol. The van der Waals surface area contributed by atoms with Gasteiger partial charge in [0.1, 0.15) is 5.69 Å². The summed E-state index contributed by atoms with van der Waals surface area (Å²) in [6.45, 7) is 2.52. The van der Waals surface area contributed by atoms with E-state index in [1.807, 2.05) is 18.2 Å². The molecular formula is C19H17F2N5. The molecule has 26 heavy (non-hydrogen) atoms. The number of aromatic nitrogens is 4. The molecule has 0 saturated carbocycles. The van der Waals surface area contributed by atoms with Gasteiger partial charge in [-0.1, -0.05) is 18.2 Å². The third-order valence-electron chi connectivity index (χ3n) is 4.39. The summed E-state index contributed by atoms with van der Waals surface area (Å²) in [6, 6.07) is 11.6. The highest BCUT2D eigenvalue weighted by molar-refractivity contribution is 5.81. The molecule has 7 heteroatoms. The van der Waals surface area contributed by atoms with Crippen LogP contribution in [0.2, 0.25) is 0 Å². The van der Waals surface area contributed by atoms with E-state index in [2.05, 4.69) is 27.5 Å². The molecule has 0 aliphatic heterocycles. The predicted octanol–water partition coefficient (Wildman–Crippen LogP) is 3.88. The van der Waals surface area contributed by atoms with E-state index < -0.39 is 11.6 Å². The molecule has 0 bridgehead atoms. The Morgan fingerprint density at radius 1 is 1.12 bits per heavy atom. The second-order valence-corrected chi connectivity index (χ2v) is 6.10. The number of benzene rings is 2. The largest absolute Gasteiger partial charge is 0.304 e. The first-order chi connectivity index (χ1) is 12.6. The molecule has 1 unspecified atom stereocenters. The van der Waals surface area contributed by atoms with Gasteiger partial charge in [0.05, 0.1) is 17.4 Å². The van der Waals surface area contributed by atoms with Crippen LogP contribution in [-0.4, -0.2) is 20.0 Å². The van der Waals surface area contributed by atoms with E-state index in [9.17, 15) is 8.78 Å². The van der Waals surface area contributed by atoms with E-state index in [1.165, 1.54) is 22.9 Å². The lowest BCUT2D eigenvalue weighted by molar-refractivity contribution is 0.549. The molecule has 0 radical (unpaired) electrons. The SMILES string of the molecule is CC(NCc1ccn(-c2c(F)cccc2F)n1)c1cccc2[nH]ncc12. The molecule has 0 spiro atoms. The minimum atomic E-state index is -0.646. The number of hydrogen-bond donors (Lipinski definition) is 2. The Bertz CT molecular complexity index is 1030. The van der Waals surface area contributed by atoms with Crippen LogP contribution in [0, 0.1) is 11.6 Å². The number of fused-ring (bicyclic) bond motifs is 1. The van der Waals surface area contributed by atoms with Crippen LogP contribution in [0.25, 0.3) is 16.6 Å². The summed E-state index contributed by atoms with van der Waals surface area (Å²) in [4.78, 5) is 0. The Morgan fingerprint density at radius 3 is 2.69 bits per heavy atom. The highest BCUT2D eigenvalue weighted by Gasteiger charge is 2.13. The molecule has 132 valence electrons. The van der Waals surface area contributed by atoms with Crippen LogP contribution in [0.5, 0.6) is 0 Å². The van der Waals surface area contributed by atoms with Gasteiger partial charge in [0, 0.05) is 24.2 Å². The number of hydrogen-bond acceptors (Lipinski definition) is 3. The Kier molecular flexibility index (Phi) is 4.22. The van der Waals surface area contributed by atoms with Crippen molar-refractivity contribution in [2.75, 3.05) is 0 Å². The summed E-state index contributed by atoms with van der Waals surface area (Å²) in [5.74, 6) is -1.29. The fourth-order valence-electron chi connectivity index (χ4n) is 3.02. The van der Waals surface area contributed by atoms with Gasteiger partial charge in [-0.15, -0.1) is 0 Å². The molecule has 4 rings (SSSR count). The van der Waals surface area contributed by atoms with Crippen molar-refractivity contribution in [1.29, 1.82) is 0 Å². The van der Waals surface area contributed by atoms with Crippen molar-refractivity contribution in [2.24, 2.45) is 0 Å². The van der Waals surface area contributed by atoms with E-state index in [-0.39, 0.29) is 11.7 Å². The van der Waals surface area contributed by atoms with Crippen molar-refractivity contribution in [3.63, 3.8) is 0 Å². The molecule has 0 saturated heterocycles. The van der Waals surface area contributed by atoms with E-state index in [1.54, 1.807) is 18.5 Å². The Labute approximate surface area is 148 Å². The van der Waals surface area contributed by atoms with Gasteiger partial charge in [-0.3, -0.25) is 5.10 Å². The van der Waals surface area contributed by atoms with Crippen molar-refractivity contribution in [3.05, 3.63) is 77.8 Å². The van der Waals surface area contributed by atoms with Gasteiger partial charge >= 0.3 is 0 Å². The van der Waals surface area contributed by atoms with Crippen molar-refractivity contribution in [2.45, 2.75) is 19.5 Å². The van der Waals surface area contributed by atoms with E-state index in [0.717, 1.165) is 16.5 Å². The average Bonchev–Trinajstić information content (AvgIpc) is 3.28. The van der Waals surface area contributed by atoms with Gasteiger partial charge in [0.2, 0.25) is 0 Å². The monoisotopic (exact) mass is 353 g/mol. The van der Waals surface area contributed by atoms with Gasteiger partial charge in [0.15, 0.2) is 11.6 Å². The summed E-state index contributed by atoms with van der Waals surface area (Å²) in [5.41, 5.74) is 2.63. The molecule has 0 aliphatic rings. The highest BCUT2D eigenvalue weighted by atomic mass is 19.1. The molecule has 0 amide bonds. The fourth-order valence-corrected chi connectivity index (χ4v) is 3.02. The van der Waals surface area contributed by atoms with Crippen LogP contribution in [0.1, 0.15) is 24.2 Å². The van der Waals surface area contributed by atoms with E-state index >= 15 is 0 Å². The van der Waals surface area contributed by atoms with E-state index in [0.29, 0.717) is 12.2 Å². The van der Waals surface area contributed by atoms with E-state index in [4.69, 9.17) is 0 Å². The first kappa shape index (κ1) is 16.4. The summed E-state index contributed by atoms with van der Waals surface area (Å²) < 4.78 is 29.0. The summed E-state index contributed by atoms with van der Waals surface area (Å²) in [6.07, 6.45) is 3.36. The van der Waals surface area contributed by atoms with Crippen molar-refractivity contribution < 1.29 is 8.78 Å². The zero-order valence-electron chi connectivity index (χ0n) is 14.1. The van der Waals surface area contributed by atoms with Crippen LogP contribution in [-0.2, 0) is 6.54 Å². The summed E-state index contributed by atoms with van der Waals surface area (Å²) in [7, 11) is 0. The maximum atomic E-state index is 13.9. The molecule has 4 aromatic rings. The van der Waals surface area contributed by atoms with Crippen LogP contribution in [0.15, 0.2) is 54.9 Å². The van der Waals surface area contributed by atoms with Gasteiger partial charge in [-0.2, -0.15) is 10.2 Å². The van der Waals surface area contributed by atoms with Crippen molar-refractivity contribution in [1.82, 2.24) is 25.3 Å². The minimum absolute atomic E-state index is 0.0617. The maximum absolute atomic E-state index is 13.9. The third-order valence-corrected chi connectivity index (χ3v) is 4.39. The smallest absolute Gasteiger partial charge is 0.151 e. The lowest BCUT2D eigenvalue weighted by Crippen LogP contribution is -2.18. The number of nitrogens with one attached hydrogen (secondary N) is 2. The molecule has 2 aromatic carbocycles. The normalized spacial score (nSPS) is 12.6. The molecule has 0 aliphatic carbocycles. The number of rotatable bonds is 5. The van der Waals surface area contributed by atoms with Crippen molar-refractivity contribution in [3.8, 4) is 5.69 Å². The summed E-state index contributed by atoms with van der Waals surface area (Å²) in [5, 5.41) is 15.8. The summed E-state index contributed by atoms with van der Waals surface area (Å²) >= 11 is 0. The Balaban J connectivity index is 1.51. The zero-order chi connectivity index (χ0) is 18.1. The molecule has 0 fully saturated rings. The van der Waals surface area contributed by atoms with Gasteiger partial charge in [0.25, 0.3) is 0 Å². The maximum Gasteiger partial charge on any atom is 0.151 e. The lowest BCUT2D eigenvalue weighted by atomic mass is 10.0. The van der Waals surface area contributed by atoms with Gasteiger partial charge < -0.3 is 5.32 Å². The highest BCUT2D eigenvalue weighted by Crippen LogP contribution is 2.23. The quantitative estimate of drug-likeness (QED) is 0.572. The topological polar surface area (TPSA) is 58.5 Å². The third kappa shape index (κ3) is 2.97. The molecule has 1 atom stereocenters. The van der Waals surface area contributed by atoms with Crippen LogP contribution in [0.4, 0.5) is 8.78 Å². The van der Waals surface area contributed by atoms with Crippen molar-refractivity contribution >= 4 is 10.9 Å². The minimum Gasteiger partial charge on any atom is -0.304 e. The van der Waals surface area contributed by atoms with Crippen LogP contribution < -0.4 is 5.32 Å². The Hall–Kier alpha value is -3.06. The van der Waals surface area contributed by atoms with Crippen LogP contribution >= 0.6 is 0 Å². The number of nitrogens with zero attached hydrogens (tertiary/aromatic N) is 3. The zero-order valence-corrected chi connectivity index (χ0v) is 14.1. The second-order valence-electron chi connectivity index (χ2n) is 6.10. The molecule has 5 nitrogen and oxygen atoms in total. The average molecular weight is 353 g/mol. The van der Waals surface area contributed by atoms with Gasteiger partial charge in [-0.25, -0.2) is 13.5 Å². The standard InChI is InChI=1S/C19H17F2N5/c1-12(14-4-2-7-18-15(14)11-23-24-18)22-10-13-8-9-26(25-13)19-16(20)5-3-6-17(19)21/h2-9,11-12,22H,10H2,1H3,(H,23,24). The number of H-pyrrole nitrogens is 1. The first-order valence-corrected chi connectivity index (χ1v) is 8.28. The molecular weight excluding hydrogens is 336 g/mol. The number of aromatic amines is 1. The molecule has 2 N–H and O–H groups in total. The number of para-hydroxylation sites is 1. The molecule has 2 aromatic heterocycles. The van der Waals surface area contributed by atoms with Crippen LogP contribution in [0.3, 0.4) is 0 Å². The van der Waals surface area contributed by atoms with Gasteiger partial charge in [-0.05, 0) is 36.8 Å². The molecule has 2 heterocycles. The first-order valence-electron chi connectivity index (χ1n) is 8.28. The fraction of sp³-hybridized carbons (Fsp3) is 0.158. The lowest BCUT2D eigenvalue weighted by Gasteiger charge is -2.14. The number of halogens is 2. The Morgan fingerprint density at radius 2 is 1.88 bits per heavy atom. The second kappa shape index (κ2) is 6.68.